The smallest absolute Gasteiger partial charge is 0.263 e. The monoisotopic (exact) mass is 296 g/mol. The first-order valence-electron chi connectivity index (χ1n) is 5.66. The van der Waals surface area contributed by atoms with E-state index >= 15 is 0 Å². The lowest BCUT2D eigenvalue weighted by atomic mass is 10.0. The van der Waals surface area contributed by atoms with E-state index < -0.39 is 29.0 Å². The van der Waals surface area contributed by atoms with Crippen LogP contribution in [0.15, 0.2) is 18.2 Å². The largest absolute Gasteiger partial charge is 0.416 e. The third kappa shape index (κ3) is 2.91. The van der Waals surface area contributed by atoms with Crippen molar-refractivity contribution in [1.82, 2.24) is 15.2 Å². The minimum absolute atomic E-state index is 0.0219. The van der Waals surface area contributed by atoms with E-state index in [-0.39, 0.29) is 17.7 Å². The lowest BCUT2D eigenvalue weighted by molar-refractivity contribution is -0.143. The van der Waals surface area contributed by atoms with Gasteiger partial charge < -0.3 is 0 Å². The van der Waals surface area contributed by atoms with Crippen molar-refractivity contribution in [3.63, 3.8) is 0 Å². The lowest BCUT2D eigenvalue weighted by Crippen LogP contribution is -2.11. The minimum Gasteiger partial charge on any atom is -0.263 e. The van der Waals surface area contributed by atoms with E-state index in [9.17, 15) is 26.3 Å². The van der Waals surface area contributed by atoms with E-state index in [0.29, 0.717) is 17.2 Å². The Bertz CT molecular complexity index is 622. The Hall–Kier alpha value is -2.06. The summed E-state index contributed by atoms with van der Waals surface area (Å²) in [5.41, 5.74) is -3.36. The predicted octanol–water partition coefficient (Wildman–Crippen LogP) is 3.82. The maximum absolute atomic E-state index is 12.7. The van der Waals surface area contributed by atoms with E-state index in [2.05, 4.69) is 10.1 Å². The molecule has 0 spiro atoms. The summed E-state index contributed by atoms with van der Waals surface area (Å²) in [4.78, 5) is 3.66. The van der Waals surface area contributed by atoms with Gasteiger partial charge in [-0.25, -0.2) is 4.98 Å². The van der Waals surface area contributed by atoms with E-state index in [1.54, 1.807) is 0 Å². The average molecular weight is 296 g/mol. The van der Waals surface area contributed by atoms with E-state index in [4.69, 9.17) is 1.41 Å². The standard InChI is InChI=1S/C11H7F6N3/c1-5-18-9(20-19-5)6-2-7(10(12,13)14)4-8(3-6)11(15,16)17/h2-4H,1H3,(H,18,19,20)/i/hD. The fourth-order valence-corrected chi connectivity index (χ4v) is 1.52. The number of aryl methyl sites for hydroxylation is 1. The van der Waals surface area contributed by atoms with Crippen LogP contribution in [-0.2, 0) is 12.4 Å². The molecule has 0 fully saturated rings. The number of alkyl halides is 6. The molecule has 0 saturated carbocycles. The molecule has 108 valence electrons. The molecule has 2 rings (SSSR count). The second-order valence-corrected chi connectivity index (χ2v) is 3.98. The summed E-state index contributed by atoms with van der Waals surface area (Å²) >= 11 is 0. The van der Waals surface area contributed by atoms with Gasteiger partial charge in [0.15, 0.2) is 7.24 Å². The van der Waals surface area contributed by atoms with Gasteiger partial charge in [0.1, 0.15) is 5.82 Å². The van der Waals surface area contributed by atoms with E-state index in [0.717, 1.165) is 0 Å². The van der Waals surface area contributed by atoms with Gasteiger partial charge in [-0.2, -0.15) is 31.4 Å². The Morgan fingerprint density at radius 1 is 1.00 bits per heavy atom. The van der Waals surface area contributed by atoms with Gasteiger partial charge in [-0.1, -0.05) is 0 Å². The molecular formula is C11H7F6N3. The van der Waals surface area contributed by atoms with Crippen molar-refractivity contribution in [2.24, 2.45) is 0 Å². The zero-order chi connectivity index (χ0) is 16.0. The highest BCUT2D eigenvalue weighted by atomic mass is 19.4. The van der Waals surface area contributed by atoms with Crippen LogP contribution < -0.4 is 0 Å². The number of nitrogens with zero attached hydrogens (tertiary/aromatic N) is 2. The molecule has 0 bridgehead atoms. The van der Waals surface area contributed by atoms with Gasteiger partial charge in [-0.15, -0.1) is 0 Å². The summed E-state index contributed by atoms with van der Waals surface area (Å²) in [5, 5.41) is 3.98. The summed E-state index contributed by atoms with van der Waals surface area (Å²) in [6.45, 7) is 1.35. The van der Waals surface area contributed by atoms with Crippen LogP contribution in [0.3, 0.4) is 0 Å². The van der Waals surface area contributed by atoms with Crippen LogP contribution in [0.1, 0.15) is 17.0 Å². The molecule has 0 aliphatic carbocycles. The van der Waals surface area contributed by atoms with Gasteiger partial charge in [0.25, 0.3) is 0 Å². The lowest BCUT2D eigenvalue weighted by Gasteiger charge is -2.13. The van der Waals surface area contributed by atoms with Gasteiger partial charge in [0.2, 0.25) is 0 Å². The number of aromatic amines is 1. The predicted molar refractivity (Wildman–Crippen MR) is 56.6 cm³/mol. The van der Waals surface area contributed by atoms with Crippen LogP contribution in [0, 0.1) is 6.92 Å². The van der Waals surface area contributed by atoms with Crippen molar-refractivity contribution in [2.45, 2.75) is 19.3 Å². The highest BCUT2D eigenvalue weighted by molar-refractivity contribution is 5.58. The Morgan fingerprint density at radius 2 is 1.50 bits per heavy atom. The molecule has 0 atom stereocenters. The van der Waals surface area contributed by atoms with Gasteiger partial charge in [0.05, 0.1) is 11.1 Å². The van der Waals surface area contributed by atoms with Gasteiger partial charge in [0, 0.05) is 5.56 Å². The molecule has 0 aliphatic rings. The number of aromatic nitrogens is 3. The molecule has 0 aliphatic heterocycles. The summed E-state index contributed by atoms with van der Waals surface area (Å²) in [7, 11) is 0. The molecule has 1 aromatic carbocycles. The van der Waals surface area contributed by atoms with Gasteiger partial charge >= 0.3 is 12.4 Å². The Balaban J connectivity index is 2.65. The topological polar surface area (TPSA) is 41.6 Å². The maximum Gasteiger partial charge on any atom is 0.416 e. The van der Waals surface area contributed by atoms with Gasteiger partial charge in [-0.05, 0) is 25.1 Å². The quantitative estimate of drug-likeness (QED) is 0.813. The second kappa shape index (κ2) is 4.50. The SMILES string of the molecule is [2H]n1nc(-c2cc(C(F)(F)F)cc(C(F)(F)F)c2)nc1C. The van der Waals surface area contributed by atoms with Crippen molar-refractivity contribution in [3.8, 4) is 11.4 Å². The van der Waals surface area contributed by atoms with Crippen molar-refractivity contribution in [2.75, 3.05) is 0 Å². The summed E-state index contributed by atoms with van der Waals surface area (Å²) in [6, 6.07) is 1.06. The molecule has 0 unspecified atom stereocenters. The van der Waals surface area contributed by atoms with Gasteiger partial charge in [-0.3, -0.25) is 5.09 Å². The summed E-state index contributed by atoms with van der Waals surface area (Å²) in [5.74, 6) is -0.338. The first kappa shape index (κ1) is 12.9. The molecule has 2 aromatic rings. The molecule has 3 nitrogen and oxygen atoms in total. The number of hydrogen-bond donors (Lipinski definition) is 1. The average Bonchev–Trinajstić information content (AvgIpc) is 2.67. The van der Waals surface area contributed by atoms with Crippen molar-refractivity contribution in [3.05, 3.63) is 35.2 Å². The number of H-pyrrole nitrogens is 1. The number of hydrogen-bond acceptors (Lipinski definition) is 2. The second-order valence-electron chi connectivity index (χ2n) is 3.98. The molecule has 0 amide bonds. The van der Waals surface area contributed by atoms with Crippen molar-refractivity contribution in [1.29, 1.82) is 0 Å². The summed E-state index contributed by atoms with van der Waals surface area (Å²) < 4.78 is 83.4. The van der Waals surface area contributed by atoms with E-state index in [1.165, 1.54) is 6.92 Å². The molecule has 20 heavy (non-hydrogen) atoms. The van der Waals surface area contributed by atoms with Crippen LogP contribution >= 0.6 is 0 Å². The summed E-state index contributed by atoms with van der Waals surface area (Å²) in [6.07, 6.45) is -9.87. The molecule has 0 saturated heterocycles. The third-order valence-corrected chi connectivity index (χ3v) is 2.40. The first-order valence-corrected chi connectivity index (χ1v) is 5.21. The Labute approximate surface area is 110 Å². The number of rotatable bonds is 1. The zero-order valence-electron chi connectivity index (χ0n) is 10.8. The molecule has 1 N–H and O–H groups in total. The van der Waals surface area contributed by atoms with Crippen LogP contribution in [0.4, 0.5) is 26.3 Å². The number of benzene rings is 1. The van der Waals surface area contributed by atoms with Crippen LogP contribution in [-0.4, -0.2) is 15.2 Å². The molecule has 1 heterocycles. The van der Waals surface area contributed by atoms with Crippen molar-refractivity contribution >= 4 is 0 Å². The highest BCUT2D eigenvalue weighted by Gasteiger charge is 2.37. The van der Waals surface area contributed by atoms with Crippen LogP contribution in [0.5, 0.6) is 0 Å². The van der Waals surface area contributed by atoms with Crippen LogP contribution in [0.2, 0.25) is 1.41 Å². The Morgan fingerprint density at radius 3 is 1.85 bits per heavy atom. The molecular weight excluding hydrogens is 288 g/mol. The van der Waals surface area contributed by atoms with Crippen molar-refractivity contribution < 1.29 is 27.8 Å². The van der Waals surface area contributed by atoms with E-state index in [1.807, 2.05) is 0 Å². The zero-order valence-corrected chi connectivity index (χ0v) is 9.84. The molecule has 1 aromatic heterocycles. The molecule has 9 heteroatoms. The molecule has 0 radical (unpaired) electrons. The highest BCUT2D eigenvalue weighted by Crippen LogP contribution is 2.37. The maximum atomic E-state index is 12.7. The first-order chi connectivity index (χ1) is 9.48. The minimum atomic E-state index is -4.94. The fraction of sp³-hybridized carbons (Fsp3) is 0.273. The normalized spacial score (nSPS) is 13.4. The third-order valence-electron chi connectivity index (χ3n) is 2.40. The number of nitrogens with one attached hydrogen (secondary N) is 1. The van der Waals surface area contributed by atoms with Crippen LogP contribution in [0.25, 0.3) is 11.4 Å². The number of halogens is 6. The Kier molecular flexibility index (Phi) is 2.91. The fourth-order valence-electron chi connectivity index (χ4n) is 1.52.